The zero-order valence-electron chi connectivity index (χ0n) is 32.7. The summed E-state index contributed by atoms with van der Waals surface area (Å²) in [5.41, 5.74) is 2.67. The third kappa shape index (κ3) is 9.74. The van der Waals surface area contributed by atoms with Gasteiger partial charge in [-0.05, 0) is 96.5 Å². The summed E-state index contributed by atoms with van der Waals surface area (Å²) in [4.78, 5) is 22.6. The van der Waals surface area contributed by atoms with Gasteiger partial charge < -0.3 is 14.2 Å². The average Bonchev–Trinajstić information content (AvgIpc) is 3.23. The van der Waals surface area contributed by atoms with E-state index in [9.17, 15) is 20.2 Å². The molecule has 0 radical (unpaired) electrons. The quantitative estimate of drug-likeness (QED) is 0.0632. The fourth-order valence-corrected chi connectivity index (χ4v) is 7.36. The van der Waals surface area contributed by atoms with Crippen LogP contribution in [0.15, 0.2) is 158 Å². The first-order valence-corrected chi connectivity index (χ1v) is 19.3. The third-order valence-corrected chi connectivity index (χ3v) is 11.3. The van der Waals surface area contributed by atoms with E-state index in [0.717, 1.165) is 33.8 Å². The molecule has 0 aromatic heterocycles. The Balaban J connectivity index is 1.44. The maximum Gasteiger partial charge on any atom is 0.269 e. The molecule has 4 unspecified atom stereocenters. The summed E-state index contributed by atoms with van der Waals surface area (Å²) in [5, 5.41) is 23.3. The first-order valence-electron chi connectivity index (χ1n) is 19.3. The Hall–Kier alpha value is -6.32. The molecule has 9 nitrogen and oxygen atoms in total. The monoisotopic (exact) mass is 764 g/mol. The summed E-state index contributed by atoms with van der Waals surface area (Å²) < 4.78 is 20.1. The van der Waals surface area contributed by atoms with Gasteiger partial charge in [-0.2, -0.15) is 0 Å². The van der Waals surface area contributed by atoms with Crippen LogP contribution in [-0.4, -0.2) is 22.1 Å². The van der Waals surface area contributed by atoms with Gasteiger partial charge in [0.25, 0.3) is 11.4 Å². The maximum atomic E-state index is 11.7. The van der Waals surface area contributed by atoms with E-state index in [0.29, 0.717) is 37.2 Å². The minimum atomic E-state index is -0.605. The Bertz CT molecular complexity index is 2090. The highest BCUT2D eigenvalue weighted by molar-refractivity contribution is 5.41. The van der Waals surface area contributed by atoms with Crippen molar-refractivity contribution in [1.29, 1.82) is 0 Å². The molecule has 0 fully saturated rings. The van der Waals surface area contributed by atoms with Crippen LogP contribution in [0.5, 0.6) is 23.0 Å². The van der Waals surface area contributed by atoms with Crippen molar-refractivity contribution in [2.24, 2.45) is 0 Å². The lowest BCUT2D eigenvalue weighted by atomic mass is 9.71. The largest absolute Gasteiger partial charge is 0.457 e. The second kappa shape index (κ2) is 18.1. The van der Waals surface area contributed by atoms with Gasteiger partial charge in [-0.3, -0.25) is 20.2 Å². The van der Waals surface area contributed by atoms with E-state index < -0.39 is 23.0 Å². The Morgan fingerprint density at radius 2 is 0.842 bits per heavy atom. The van der Waals surface area contributed by atoms with Crippen LogP contribution >= 0.6 is 0 Å². The minimum absolute atomic E-state index is 0.0210. The topological polar surface area (TPSA) is 114 Å². The molecule has 0 spiro atoms. The molecule has 4 atom stereocenters. The van der Waals surface area contributed by atoms with E-state index in [-0.39, 0.29) is 21.2 Å². The van der Waals surface area contributed by atoms with Crippen LogP contribution in [-0.2, 0) is 28.4 Å². The molecule has 0 bridgehead atoms. The molecule has 0 N–H and O–H groups in total. The van der Waals surface area contributed by atoms with Crippen molar-refractivity contribution < 1.29 is 24.1 Å². The van der Waals surface area contributed by atoms with E-state index in [1.165, 1.54) is 0 Å². The van der Waals surface area contributed by atoms with Crippen LogP contribution in [0.3, 0.4) is 0 Å². The summed E-state index contributed by atoms with van der Waals surface area (Å²) in [6.45, 7) is 8.54. The number of benzene rings is 6. The molecule has 0 heterocycles. The average molecular weight is 765 g/mol. The highest BCUT2D eigenvalue weighted by Gasteiger charge is 2.43. The zero-order chi connectivity index (χ0) is 40.4. The molecule has 292 valence electrons. The van der Waals surface area contributed by atoms with Crippen molar-refractivity contribution in [3.8, 4) is 23.0 Å². The first kappa shape index (κ1) is 40.3. The van der Waals surface area contributed by atoms with Gasteiger partial charge in [0, 0.05) is 35.1 Å². The lowest BCUT2D eigenvalue weighted by molar-refractivity contribution is -0.385. The van der Waals surface area contributed by atoms with Crippen LogP contribution in [0.1, 0.15) is 62.8 Å². The second-order valence-corrected chi connectivity index (χ2v) is 14.8. The van der Waals surface area contributed by atoms with Gasteiger partial charge in [0.2, 0.25) is 0 Å². The van der Waals surface area contributed by atoms with Crippen molar-refractivity contribution in [3.05, 3.63) is 200 Å². The highest BCUT2D eigenvalue weighted by Crippen LogP contribution is 2.42. The zero-order valence-corrected chi connectivity index (χ0v) is 32.7. The van der Waals surface area contributed by atoms with Gasteiger partial charge in [0.05, 0.1) is 22.1 Å². The molecule has 6 aromatic rings. The van der Waals surface area contributed by atoms with Crippen molar-refractivity contribution in [2.45, 2.75) is 76.4 Å². The van der Waals surface area contributed by atoms with Gasteiger partial charge in [-0.1, -0.05) is 113 Å². The van der Waals surface area contributed by atoms with Crippen LogP contribution in [0.25, 0.3) is 0 Å². The second-order valence-electron chi connectivity index (χ2n) is 14.8. The van der Waals surface area contributed by atoms with E-state index in [1.807, 2.05) is 121 Å². The van der Waals surface area contributed by atoms with Crippen molar-refractivity contribution in [3.63, 3.8) is 0 Å². The van der Waals surface area contributed by atoms with Crippen molar-refractivity contribution in [1.82, 2.24) is 0 Å². The predicted octanol–water partition coefficient (Wildman–Crippen LogP) is 12.4. The Labute approximate surface area is 334 Å². The maximum absolute atomic E-state index is 11.7. The van der Waals surface area contributed by atoms with Crippen LogP contribution in [0.4, 0.5) is 11.4 Å². The van der Waals surface area contributed by atoms with Gasteiger partial charge in [-0.25, -0.2) is 0 Å². The molecule has 0 amide bonds. The first-order chi connectivity index (χ1) is 27.5. The smallest absolute Gasteiger partial charge is 0.269 e. The van der Waals surface area contributed by atoms with Crippen LogP contribution in [0.2, 0.25) is 0 Å². The summed E-state index contributed by atoms with van der Waals surface area (Å²) >= 11 is 0. The van der Waals surface area contributed by atoms with E-state index in [4.69, 9.17) is 14.2 Å². The van der Waals surface area contributed by atoms with Crippen LogP contribution < -0.4 is 9.47 Å². The number of ether oxygens (including phenoxy) is 3. The molecule has 6 rings (SSSR count). The molecule has 0 aliphatic rings. The van der Waals surface area contributed by atoms with E-state index >= 15 is 0 Å². The summed E-state index contributed by atoms with van der Waals surface area (Å²) in [6.07, 6.45) is 1.47. The Kier molecular flexibility index (Phi) is 12.8. The summed E-state index contributed by atoms with van der Waals surface area (Å²) in [7, 11) is 0. The molecular weight excluding hydrogens is 717 g/mol. The van der Waals surface area contributed by atoms with Gasteiger partial charge in [-0.15, -0.1) is 0 Å². The fourth-order valence-electron chi connectivity index (χ4n) is 7.36. The lowest BCUT2D eigenvalue weighted by Crippen LogP contribution is -2.48. The third-order valence-electron chi connectivity index (χ3n) is 11.3. The number of nitrogens with zero attached hydrogens (tertiary/aromatic N) is 2. The molecule has 57 heavy (non-hydrogen) atoms. The number of nitro groups is 2. The molecule has 0 saturated carbocycles. The van der Waals surface area contributed by atoms with Crippen molar-refractivity contribution >= 4 is 11.4 Å². The predicted molar refractivity (Wildman–Crippen MR) is 223 cm³/mol. The molecular formula is C48H48N2O7. The highest BCUT2D eigenvalue weighted by atomic mass is 16.6. The van der Waals surface area contributed by atoms with Crippen molar-refractivity contribution in [2.75, 3.05) is 0 Å². The van der Waals surface area contributed by atoms with E-state index in [1.54, 1.807) is 24.3 Å². The lowest BCUT2D eigenvalue weighted by Gasteiger charge is -2.45. The SMILES string of the molecule is CCC(C)(c1ccc([N+](=O)[O-])cc1)C(Cc1cccc(Oc2ccccc2)c1)OC(Cc1cccc(Oc2ccccc2)c1)C(C)(CC)c1ccc([N+](=O)[O-])cc1. The number of para-hydroxylation sites is 2. The van der Waals surface area contributed by atoms with Gasteiger partial charge in [0.15, 0.2) is 0 Å². The number of non-ortho nitro benzene ring substituents is 2. The van der Waals surface area contributed by atoms with E-state index in [2.05, 4.69) is 39.8 Å². The number of hydrogen-bond acceptors (Lipinski definition) is 7. The molecule has 6 aromatic carbocycles. The summed E-state index contributed by atoms with van der Waals surface area (Å²) in [5.74, 6) is 2.85. The Morgan fingerprint density at radius 1 is 0.491 bits per heavy atom. The van der Waals surface area contributed by atoms with Gasteiger partial charge in [0.1, 0.15) is 23.0 Å². The minimum Gasteiger partial charge on any atom is -0.457 e. The number of nitro benzene ring substituents is 2. The summed E-state index contributed by atoms with van der Waals surface area (Å²) in [6, 6.07) is 48.8. The fraction of sp³-hybridized carbons (Fsp3) is 0.250. The molecule has 0 saturated heterocycles. The molecule has 0 aliphatic carbocycles. The molecule has 0 aliphatic heterocycles. The Morgan fingerprint density at radius 3 is 1.18 bits per heavy atom. The van der Waals surface area contributed by atoms with Crippen LogP contribution in [0, 0.1) is 20.2 Å². The van der Waals surface area contributed by atoms with Gasteiger partial charge >= 0.3 is 0 Å². The number of hydrogen-bond donors (Lipinski definition) is 0. The number of rotatable bonds is 18. The molecule has 9 heteroatoms. The standard InChI is InChI=1S/C48H48N2O7/c1-5-47(3,37-23-27-39(28-24-37)49(51)52)45(33-35-15-13-21-43(31-35)55-41-17-9-7-10-18-41)57-46(48(4,6-2)38-25-29-40(30-26-38)50(53)54)34-36-16-14-22-44(32-36)56-42-19-11-8-12-20-42/h7-32,45-46H,5-6,33-34H2,1-4H3. The normalized spacial score (nSPS) is 14.4.